The van der Waals surface area contributed by atoms with Gasteiger partial charge in [0.05, 0.1) is 10.6 Å². The SMILES string of the molecule is CC(C)(C)OC(=O)NC1CCC(Sc2ccc(C#N)cn2)CC1. The van der Waals surface area contributed by atoms with Gasteiger partial charge in [-0.1, -0.05) is 0 Å². The van der Waals surface area contributed by atoms with Gasteiger partial charge in [-0.15, -0.1) is 11.8 Å². The van der Waals surface area contributed by atoms with Crippen molar-refractivity contribution < 1.29 is 9.53 Å². The average molecular weight is 333 g/mol. The smallest absolute Gasteiger partial charge is 0.407 e. The highest BCUT2D eigenvalue weighted by Crippen LogP contribution is 2.32. The van der Waals surface area contributed by atoms with Crippen LogP contribution in [-0.2, 0) is 4.74 Å². The third-order valence-electron chi connectivity index (χ3n) is 3.55. The van der Waals surface area contributed by atoms with Crippen molar-refractivity contribution in [2.24, 2.45) is 0 Å². The number of ether oxygens (including phenoxy) is 1. The second kappa shape index (κ2) is 7.69. The molecular weight excluding hydrogens is 310 g/mol. The van der Waals surface area contributed by atoms with Gasteiger partial charge >= 0.3 is 6.09 Å². The number of carbonyl (C=O) groups is 1. The standard InChI is InChI=1S/C17H23N3O2S/c1-17(2,3)22-16(21)20-13-5-7-14(8-6-13)23-15-9-4-12(10-18)11-19-15/h4,9,11,13-14H,5-8H2,1-3H3,(H,20,21). The number of hydrogen-bond acceptors (Lipinski definition) is 5. The Morgan fingerprint density at radius 2 is 2.04 bits per heavy atom. The predicted octanol–water partition coefficient (Wildman–Crippen LogP) is 3.88. The zero-order chi connectivity index (χ0) is 16.9. The van der Waals surface area contributed by atoms with Crippen molar-refractivity contribution >= 4 is 17.9 Å². The zero-order valence-corrected chi connectivity index (χ0v) is 14.7. The van der Waals surface area contributed by atoms with Crippen molar-refractivity contribution in [2.45, 2.75) is 68.4 Å². The molecule has 1 saturated carbocycles. The molecule has 0 aliphatic heterocycles. The number of nitrogens with one attached hydrogen (secondary N) is 1. The van der Waals surface area contributed by atoms with E-state index in [4.69, 9.17) is 10.00 Å². The fraction of sp³-hybridized carbons (Fsp3) is 0.588. The Bertz CT molecular complexity index is 567. The highest BCUT2D eigenvalue weighted by molar-refractivity contribution is 7.99. The summed E-state index contributed by atoms with van der Waals surface area (Å²) in [6.45, 7) is 5.60. The molecule has 1 aromatic rings. The Balaban J connectivity index is 1.75. The van der Waals surface area contributed by atoms with Crippen molar-refractivity contribution in [1.82, 2.24) is 10.3 Å². The van der Waals surface area contributed by atoms with Crippen LogP contribution >= 0.6 is 11.8 Å². The molecule has 0 saturated heterocycles. The second-order valence-electron chi connectivity index (χ2n) is 6.73. The van der Waals surface area contributed by atoms with E-state index in [1.807, 2.05) is 26.8 Å². The van der Waals surface area contributed by atoms with Crippen LogP contribution in [0, 0.1) is 11.3 Å². The molecule has 0 spiro atoms. The maximum absolute atomic E-state index is 11.8. The summed E-state index contributed by atoms with van der Waals surface area (Å²) in [6, 6.07) is 5.96. The van der Waals surface area contributed by atoms with E-state index in [2.05, 4.69) is 16.4 Å². The Kier molecular flexibility index (Phi) is 5.89. The molecule has 0 unspecified atom stereocenters. The summed E-state index contributed by atoms with van der Waals surface area (Å²) in [5, 5.41) is 13.2. The summed E-state index contributed by atoms with van der Waals surface area (Å²) >= 11 is 1.75. The van der Waals surface area contributed by atoms with Crippen LogP contribution in [0.3, 0.4) is 0 Å². The van der Waals surface area contributed by atoms with E-state index in [-0.39, 0.29) is 12.1 Å². The van der Waals surface area contributed by atoms with Gasteiger partial charge in [-0.2, -0.15) is 5.26 Å². The van der Waals surface area contributed by atoms with E-state index in [1.54, 1.807) is 24.0 Å². The van der Waals surface area contributed by atoms with E-state index >= 15 is 0 Å². The number of alkyl carbamates (subject to hydrolysis) is 1. The van der Waals surface area contributed by atoms with Gasteiger partial charge in [-0.05, 0) is 58.6 Å². The lowest BCUT2D eigenvalue weighted by molar-refractivity contribution is 0.0493. The van der Waals surface area contributed by atoms with Crippen molar-refractivity contribution in [3.8, 4) is 6.07 Å². The monoisotopic (exact) mass is 333 g/mol. The Morgan fingerprint density at radius 1 is 1.35 bits per heavy atom. The molecule has 0 bridgehead atoms. The third kappa shape index (κ3) is 6.11. The lowest BCUT2D eigenvalue weighted by Crippen LogP contribution is -2.41. The normalized spacial score (nSPS) is 21.3. The maximum atomic E-state index is 11.8. The molecular formula is C17H23N3O2S. The van der Waals surface area contributed by atoms with Crippen LogP contribution in [0.25, 0.3) is 0 Å². The highest BCUT2D eigenvalue weighted by Gasteiger charge is 2.25. The minimum atomic E-state index is -0.460. The van der Waals surface area contributed by atoms with Crippen molar-refractivity contribution in [3.05, 3.63) is 23.9 Å². The molecule has 124 valence electrons. The zero-order valence-electron chi connectivity index (χ0n) is 13.8. The summed E-state index contributed by atoms with van der Waals surface area (Å²) in [4.78, 5) is 16.1. The number of nitriles is 1. The number of hydrogen-bond donors (Lipinski definition) is 1. The summed E-state index contributed by atoms with van der Waals surface area (Å²) in [5.41, 5.74) is 0.123. The van der Waals surface area contributed by atoms with Crippen molar-refractivity contribution in [2.75, 3.05) is 0 Å². The van der Waals surface area contributed by atoms with Crippen LogP contribution in [0.5, 0.6) is 0 Å². The van der Waals surface area contributed by atoms with Gasteiger partial charge in [0.15, 0.2) is 0 Å². The van der Waals surface area contributed by atoms with E-state index in [0.29, 0.717) is 10.8 Å². The molecule has 6 heteroatoms. The molecule has 23 heavy (non-hydrogen) atoms. The molecule has 1 aliphatic rings. The number of carbonyl (C=O) groups excluding carboxylic acids is 1. The van der Waals surface area contributed by atoms with Gasteiger partial charge in [0.25, 0.3) is 0 Å². The first kappa shape index (κ1) is 17.6. The summed E-state index contributed by atoms with van der Waals surface area (Å²) < 4.78 is 5.29. The number of aromatic nitrogens is 1. The molecule has 1 heterocycles. The first-order valence-corrected chi connectivity index (χ1v) is 8.76. The first-order chi connectivity index (χ1) is 10.9. The number of rotatable bonds is 3. The Labute approximate surface area is 141 Å². The van der Waals surface area contributed by atoms with Crippen LogP contribution in [0.1, 0.15) is 52.0 Å². The van der Waals surface area contributed by atoms with Crippen LogP contribution in [0.2, 0.25) is 0 Å². The van der Waals surface area contributed by atoms with Crippen LogP contribution < -0.4 is 5.32 Å². The number of amides is 1. The molecule has 0 atom stereocenters. The molecule has 1 fully saturated rings. The molecule has 2 rings (SSSR count). The van der Waals surface area contributed by atoms with Crippen LogP contribution in [-0.4, -0.2) is 28.0 Å². The number of nitrogens with zero attached hydrogens (tertiary/aromatic N) is 2. The molecule has 5 nitrogen and oxygen atoms in total. The van der Waals surface area contributed by atoms with Gasteiger partial charge in [-0.3, -0.25) is 0 Å². The Hall–Kier alpha value is -1.74. The third-order valence-corrected chi connectivity index (χ3v) is 4.84. The number of thioether (sulfide) groups is 1. The molecule has 1 N–H and O–H groups in total. The van der Waals surface area contributed by atoms with Gasteiger partial charge in [0, 0.05) is 17.5 Å². The fourth-order valence-electron chi connectivity index (χ4n) is 2.49. The minimum absolute atomic E-state index is 0.190. The van der Waals surface area contributed by atoms with E-state index < -0.39 is 5.60 Å². The van der Waals surface area contributed by atoms with Gasteiger partial charge in [0.2, 0.25) is 0 Å². The van der Waals surface area contributed by atoms with Gasteiger partial charge in [0.1, 0.15) is 11.7 Å². The lowest BCUT2D eigenvalue weighted by Gasteiger charge is -2.29. The molecule has 1 amide bonds. The first-order valence-electron chi connectivity index (χ1n) is 7.88. The minimum Gasteiger partial charge on any atom is -0.444 e. The van der Waals surface area contributed by atoms with Crippen molar-refractivity contribution in [1.29, 1.82) is 5.26 Å². The second-order valence-corrected chi connectivity index (χ2v) is 8.06. The quantitative estimate of drug-likeness (QED) is 0.908. The predicted molar refractivity (Wildman–Crippen MR) is 90.2 cm³/mol. The topological polar surface area (TPSA) is 75.0 Å². The van der Waals surface area contributed by atoms with E-state index in [0.717, 1.165) is 30.7 Å². The summed E-state index contributed by atoms with van der Waals surface area (Å²) in [7, 11) is 0. The average Bonchev–Trinajstić information content (AvgIpc) is 2.48. The van der Waals surface area contributed by atoms with E-state index in [9.17, 15) is 4.79 Å². The van der Waals surface area contributed by atoms with Crippen molar-refractivity contribution in [3.63, 3.8) is 0 Å². The van der Waals surface area contributed by atoms with Gasteiger partial charge in [-0.25, -0.2) is 9.78 Å². The largest absolute Gasteiger partial charge is 0.444 e. The van der Waals surface area contributed by atoms with Crippen LogP contribution in [0.15, 0.2) is 23.4 Å². The molecule has 0 aromatic carbocycles. The molecule has 0 radical (unpaired) electrons. The maximum Gasteiger partial charge on any atom is 0.407 e. The molecule has 1 aromatic heterocycles. The fourth-order valence-corrected chi connectivity index (χ4v) is 3.60. The number of pyridine rings is 1. The lowest BCUT2D eigenvalue weighted by atomic mass is 9.95. The van der Waals surface area contributed by atoms with E-state index in [1.165, 1.54) is 0 Å². The highest BCUT2D eigenvalue weighted by atomic mass is 32.2. The summed E-state index contributed by atoms with van der Waals surface area (Å²) in [6.07, 6.45) is 5.25. The Morgan fingerprint density at radius 3 is 2.57 bits per heavy atom. The molecule has 1 aliphatic carbocycles. The van der Waals surface area contributed by atoms with Gasteiger partial charge < -0.3 is 10.1 Å². The van der Waals surface area contributed by atoms with Crippen LogP contribution in [0.4, 0.5) is 4.79 Å². The summed E-state index contributed by atoms with van der Waals surface area (Å²) in [5.74, 6) is 0.